The smallest absolute Gasteiger partial charge is 0.268 e. The van der Waals surface area contributed by atoms with Crippen LogP contribution >= 0.6 is 23.2 Å². The lowest BCUT2D eigenvalue weighted by Gasteiger charge is -2.13. The first-order valence-electron chi connectivity index (χ1n) is 7.75. The van der Waals surface area contributed by atoms with Crippen molar-refractivity contribution in [3.8, 4) is 11.5 Å². The summed E-state index contributed by atoms with van der Waals surface area (Å²) < 4.78 is 35.6. The maximum absolute atomic E-state index is 12.1. The number of nitrogens with one attached hydrogen (secondary N) is 1. The standard InChI is InChI=1S/C17H18Cl2N2O5S/c1-27(23,24)21-17(22)13-4-3-12(9-16(13)25-7-6-20)26-10-11-2-5-14(18)15(19)8-11/h2-5,8-9H,6-7,10,20H2,1H3,(H,21,22). The monoisotopic (exact) mass is 432 g/mol. The van der Waals surface area contributed by atoms with Crippen LogP contribution in [-0.4, -0.2) is 33.7 Å². The van der Waals surface area contributed by atoms with Gasteiger partial charge in [0.15, 0.2) is 0 Å². The number of hydrogen-bond acceptors (Lipinski definition) is 6. The molecule has 0 heterocycles. The van der Waals surface area contributed by atoms with Gasteiger partial charge in [-0.1, -0.05) is 29.3 Å². The van der Waals surface area contributed by atoms with E-state index >= 15 is 0 Å². The molecule has 2 aromatic rings. The van der Waals surface area contributed by atoms with Crippen molar-refractivity contribution in [2.24, 2.45) is 5.73 Å². The minimum atomic E-state index is -3.71. The van der Waals surface area contributed by atoms with Crippen molar-refractivity contribution < 1.29 is 22.7 Å². The van der Waals surface area contributed by atoms with Crippen LogP contribution in [0.15, 0.2) is 36.4 Å². The van der Waals surface area contributed by atoms with E-state index in [9.17, 15) is 13.2 Å². The molecular weight excluding hydrogens is 415 g/mol. The number of amides is 1. The molecule has 0 saturated heterocycles. The van der Waals surface area contributed by atoms with E-state index in [0.29, 0.717) is 15.8 Å². The quantitative estimate of drug-likeness (QED) is 0.663. The van der Waals surface area contributed by atoms with Crippen molar-refractivity contribution >= 4 is 39.1 Å². The second kappa shape index (κ2) is 9.27. The Hall–Kier alpha value is -2.00. The molecule has 7 nitrogen and oxygen atoms in total. The van der Waals surface area contributed by atoms with E-state index in [0.717, 1.165) is 11.8 Å². The highest BCUT2D eigenvalue weighted by Gasteiger charge is 2.17. The van der Waals surface area contributed by atoms with Crippen LogP contribution < -0.4 is 19.9 Å². The van der Waals surface area contributed by atoms with Crippen LogP contribution in [0.5, 0.6) is 11.5 Å². The molecule has 1 amide bonds. The summed E-state index contributed by atoms with van der Waals surface area (Å²) in [5, 5.41) is 0.858. The number of halogens is 2. The number of carbonyl (C=O) groups excluding carboxylic acids is 1. The normalized spacial score (nSPS) is 11.1. The molecule has 0 atom stereocenters. The van der Waals surface area contributed by atoms with Crippen LogP contribution in [0.2, 0.25) is 10.0 Å². The predicted octanol–water partition coefficient (Wildman–Crippen LogP) is 2.60. The number of rotatable bonds is 8. The zero-order valence-electron chi connectivity index (χ0n) is 14.4. The van der Waals surface area contributed by atoms with Gasteiger partial charge in [-0.05, 0) is 29.8 Å². The van der Waals surface area contributed by atoms with Gasteiger partial charge in [-0.25, -0.2) is 13.1 Å². The van der Waals surface area contributed by atoms with Gasteiger partial charge in [-0.3, -0.25) is 4.79 Å². The molecule has 2 rings (SSSR count). The van der Waals surface area contributed by atoms with Gasteiger partial charge in [0.25, 0.3) is 5.91 Å². The SMILES string of the molecule is CS(=O)(=O)NC(=O)c1ccc(OCc2ccc(Cl)c(Cl)c2)cc1OCCN. The number of ether oxygens (including phenoxy) is 2. The molecule has 0 spiro atoms. The van der Waals surface area contributed by atoms with Crippen molar-refractivity contribution in [1.82, 2.24) is 4.72 Å². The fourth-order valence-electron chi connectivity index (χ4n) is 2.09. The summed E-state index contributed by atoms with van der Waals surface area (Å²) in [5.74, 6) is -0.224. The molecule has 3 N–H and O–H groups in total. The number of benzene rings is 2. The molecule has 0 aliphatic carbocycles. The fourth-order valence-corrected chi connectivity index (χ4v) is 2.86. The molecule has 2 aromatic carbocycles. The van der Waals surface area contributed by atoms with Gasteiger partial charge in [0.2, 0.25) is 10.0 Å². The molecule has 10 heteroatoms. The second-order valence-electron chi connectivity index (χ2n) is 5.54. The lowest BCUT2D eigenvalue weighted by Crippen LogP contribution is -2.29. The first-order valence-corrected chi connectivity index (χ1v) is 10.4. The van der Waals surface area contributed by atoms with Gasteiger partial charge in [-0.2, -0.15) is 0 Å². The third-order valence-electron chi connectivity index (χ3n) is 3.24. The van der Waals surface area contributed by atoms with Crippen LogP contribution in [0.3, 0.4) is 0 Å². The van der Waals surface area contributed by atoms with Crippen molar-refractivity contribution in [1.29, 1.82) is 0 Å². The highest BCUT2D eigenvalue weighted by Crippen LogP contribution is 2.27. The summed E-state index contributed by atoms with van der Waals surface area (Å²) in [7, 11) is -3.71. The van der Waals surface area contributed by atoms with Crippen LogP contribution in [0.1, 0.15) is 15.9 Å². The molecule has 0 bridgehead atoms. The summed E-state index contributed by atoms with van der Waals surface area (Å²) >= 11 is 11.9. The summed E-state index contributed by atoms with van der Waals surface area (Å²) in [6.45, 7) is 0.582. The molecule has 27 heavy (non-hydrogen) atoms. The Morgan fingerprint density at radius 3 is 2.48 bits per heavy atom. The van der Waals surface area contributed by atoms with E-state index in [4.69, 9.17) is 38.4 Å². The summed E-state index contributed by atoms with van der Waals surface area (Å²) in [4.78, 5) is 12.1. The van der Waals surface area contributed by atoms with Crippen molar-refractivity contribution in [3.05, 3.63) is 57.6 Å². The largest absolute Gasteiger partial charge is 0.491 e. The zero-order chi connectivity index (χ0) is 20.0. The van der Waals surface area contributed by atoms with E-state index < -0.39 is 15.9 Å². The van der Waals surface area contributed by atoms with E-state index in [1.807, 2.05) is 4.72 Å². The Labute approximate surface area is 167 Å². The van der Waals surface area contributed by atoms with E-state index in [1.54, 1.807) is 18.2 Å². The number of nitrogens with two attached hydrogens (primary N) is 1. The molecule has 0 saturated carbocycles. The van der Waals surface area contributed by atoms with Crippen molar-refractivity contribution in [2.45, 2.75) is 6.61 Å². The Morgan fingerprint density at radius 2 is 1.85 bits per heavy atom. The van der Waals surface area contributed by atoms with E-state index in [-0.39, 0.29) is 31.1 Å². The van der Waals surface area contributed by atoms with Crippen LogP contribution in [0, 0.1) is 0 Å². The molecule has 0 aliphatic heterocycles. The van der Waals surface area contributed by atoms with Gasteiger partial charge in [0.05, 0.1) is 21.9 Å². The average Bonchev–Trinajstić information content (AvgIpc) is 2.59. The first-order chi connectivity index (χ1) is 12.7. The molecule has 0 aromatic heterocycles. The number of sulfonamides is 1. The highest BCUT2D eigenvalue weighted by atomic mass is 35.5. The Balaban J connectivity index is 2.19. The molecule has 0 fully saturated rings. The number of carbonyl (C=O) groups is 1. The third-order valence-corrected chi connectivity index (χ3v) is 4.54. The summed E-state index contributed by atoms with van der Waals surface area (Å²) in [5.41, 5.74) is 6.28. The Bertz CT molecular complexity index is 935. The van der Waals surface area contributed by atoms with Crippen molar-refractivity contribution in [2.75, 3.05) is 19.4 Å². The second-order valence-corrected chi connectivity index (χ2v) is 8.10. The Morgan fingerprint density at radius 1 is 1.11 bits per heavy atom. The lowest BCUT2D eigenvalue weighted by atomic mass is 10.2. The number of hydrogen-bond donors (Lipinski definition) is 2. The molecule has 0 unspecified atom stereocenters. The summed E-state index contributed by atoms with van der Waals surface area (Å²) in [6.07, 6.45) is 0.889. The van der Waals surface area contributed by atoms with Crippen LogP contribution in [0.25, 0.3) is 0 Å². The highest BCUT2D eigenvalue weighted by molar-refractivity contribution is 7.89. The zero-order valence-corrected chi connectivity index (χ0v) is 16.7. The Kier molecular flexibility index (Phi) is 7.32. The average molecular weight is 433 g/mol. The van der Waals surface area contributed by atoms with Gasteiger partial charge in [-0.15, -0.1) is 0 Å². The fraction of sp³-hybridized carbons (Fsp3) is 0.235. The topological polar surface area (TPSA) is 108 Å². The minimum absolute atomic E-state index is 0.0516. The van der Waals surface area contributed by atoms with E-state index in [1.165, 1.54) is 18.2 Å². The van der Waals surface area contributed by atoms with E-state index in [2.05, 4.69) is 0 Å². The summed E-state index contributed by atoms with van der Waals surface area (Å²) in [6, 6.07) is 9.56. The van der Waals surface area contributed by atoms with Crippen LogP contribution in [0.4, 0.5) is 0 Å². The maximum Gasteiger partial charge on any atom is 0.268 e. The van der Waals surface area contributed by atoms with Gasteiger partial charge < -0.3 is 15.2 Å². The first kappa shape index (κ1) is 21.3. The maximum atomic E-state index is 12.1. The minimum Gasteiger partial charge on any atom is -0.491 e. The van der Waals surface area contributed by atoms with Crippen molar-refractivity contribution in [3.63, 3.8) is 0 Å². The lowest BCUT2D eigenvalue weighted by molar-refractivity contribution is 0.0977. The third kappa shape index (κ3) is 6.59. The van der Waals surface area contributed by atoms with Gasteiger partial charge in [0, 0.05) is 12.6 Å². The van der Waals surface area contributed by atoms with Gasteiger partial charge in [0.1, 0.15) is 24.7 Å². The molecule has 0 aliphatic rings. The van der Waals surface area contributed by atoms with Gasteiger partial charge >= 0.3 is 0 Å². The predicted molar refractivity (Wildman–Crippen MR) is 104 cm³/mol. The molecular formula is C17H18Cl2N2O5S. The molecule has 146 valence electrons. The molecule has 0 radical (unpaired) electrons. The van der Waals surface area contributed by atoms with Crippen LogP contribution in [-0.2, 0) is 16.6 Å².